The number of hydrogen-bond acceptors (Lipinski definition) is 4. The van der Waals surface area contributed by atoms with E-state index in [2.05, 4.69) is 45.9 Å². The van der Waals surface area contributed by atoms with Gasteiger partial charge in [0.25, 0.3) is 0 Å². The molecule has 0 saturated heterocycles. The SMILES string of the molecule is C=COP(=S)(OC[Si](C)(C)C)OC[Si](C)(C)C. The summed E-state index contributed by atoms with van der Waals surface area (Å²) in [5.74, 6) is 0. The molecule has 3 nitrogen and oxygen atoms in total. The predicted molar refractivity (Wildman–Crippen MR) is 84.2 cm³/mol. The van der Waals surface area contributed by atoms with Crippen LogP contribution in [0.25, 0.3) is 0 Å². The molecular weight excluding hydrogens is 287 g/mol. The number of hydrogen-bond donors (Lipinski definition) is 0. The molecule has 7 heteroatoms. The summed E-state index contributed by atoms with van der Waals surface area (Å²) in [4.78, 5) is 0. The fourth-order valence-electron chi connectivity index (χ4n) is 0.735. The molecule has 0 spiro atoms. The molecule has 17 heavy (non-hydrogen) atoms. The minimum Gasteiger partial charge on any atom is -0.433 e. The Morgan fingerprint density at radius 2 is 1.35 bits per heavy atom. The van der Waals surface area contributed by atoms with Crippen molar-refractivity contribution in [1.29, 1.82) is 0 Å². The van der Waals surface area contributed by atoms with Crippen LogP contribution in [0, 0.1) is 0 Å². The van der Waals surface area contributed by atoms with Crippen molar-refractivity contribution in [2.45, 2.75) is 39.3 Å². The molecule has 0 radical (unpaired) electrons. The van der Waals surface area contributed by atoms with E-state index in [4.69, 9.17) is 25.4 Å². The van der Waals surface area contributed by atoms with E-state index in [1.54, 1.807) is 0 Å². The largest absolute Gasteiger partial charge is 0.433 e. The quantitative estimate of drug-likeness (QED) is 0.382. The van der Waals surface area contributed by atoms with Gasteiger partial charge in [-0.2, -0.15) is 0 Å². The van der Waals surface area contributed by atoms with Gasteiger partial charge in [-0.1, -0.05) is 45.9 Å². The molecule has 102 valence electrons. The van der Waals surface area contributed by atoms with Crippen molar-refractivity contribution in [1.82, 2.24) is 0 Å². The van der Waals surface area contributed by atoms with Gasteiger partial charge in [-0.05, 0) is 0 Å². The van der Waals surface area contributed by atoms with E-state index < -0.39 is 22.9 Å². The highest BCUT2D eigenvalue weighted by Gasteiger charge is 2.27. The van der Waals surface area contributed by atoms with Crippen LogP contribution in [0.5, 0.6) is 0 Å². The lowest BCUT2D eigenvalue weighted by molar-refractivity contribution is 0.230. The highest BCUT2D eigenvalue weighted by molar-refractivity contribution is 8.07. The minimum atomic E-state index is -2.63. The Morgan fingerprint density at radius 1 is 1.00 bits per heavy atom. The fraction of sp³-hybridized carbons (Fsp3) is 0.800. The molecule has 0 atom stereocenters. The van der Waals surface area contributed by atoms with Crippen LogP contribution < -0.4 is 0 Å². The second-order valence-electron chi connectivity index (χ2n) is 6.39. The average molecular weight is 313 g/mol. The summed E-state index contributed by atoms with van der Waals surface area (Å²) in [6.45, 7) is 14.2. The van der Waals surface area contributed by atoms with Crippen molar-refractivity contribution in [3.8, 4) is 0 Å². The highest BCUT2D eigenvalue weighted by Crippen LogP contribution is 2.50. The van der Waals surface area contributed by atoms with Gasteiger partial charge in [-0.15, -0.1) is 0 Å². The zero-order valence-electron chi connectivity index (χ0n) is 11.8. The lowest BCUT2D eigenvalue weighted by atomic mass is 11.2. The maximum absolute atomic E-state index is 5.72. The third-order valence-corrected chi connectivity index (χ3v) is 6.21. The Bertz CT molecular complexity index is 275. The summed E-state index contributed by atoms with van der Waals surface area (Å²) in [5.41, 5.74) is 0. The Hall–Kier alpha value is 0.544. The van der Waals surface area contributed by atoms with Crippen molar-refractivity contribution < 1.29 is 13.6 Å². The molecule has 0 unspecified atom stereocenters. The molecule has 0 aromatic heterocycles. The van der Waals surface area contributed by atoms with Crippen molar-refractivity contribution >= 4 is 34.7 Å². The van der Waals surface area contributed by atoms with Gasteiger partial charge in [-0.3, -0.25) is 0 Å². The monoisotopic (exact) mass is 312 g/mol. The second-order valence-corrected chi connectivity index (χ2v) is 20.2. The lowest BCUT2D eigenvalue weighted by Crippen LogP contribution is -2.30. The van der Waals surface area contributed by atoms with Crippen LogP contribution in [0.3, 0.4) is 0 Å². The first kappa shape index (κ1) is 17.5. The van der Waals surface area contributed by atoms with Crippen molar-refractivity contribution in [2.24, 2.45) is 0 Å². The van der Waals surface area contributed by atoms with E-state index >= 15 is 0 Å². The van der Waals surface area contributed by atoms with Gasteiger partial charge >= 0.3 is 6.72 Å². The van der Waals surface area contributed by atoms with Crippen molar-refractivity contribution in [3.63, 3.8) is 0 Å². The van der Waals surface area contributed by atoms with Gasteiger partial charge in [0.1, 0.15) is 0 Å². The first-order chi connectivity index (χ1) is 7.47. The van der Waals surface area contributed by atoms with Gasteiger partial charge < -0.3 is 13.6 Å². The topological polar surface area (TPSA) is 27.7 Å². The molecule has 0 aromatic carbocycles. The van der Waals surface area contributed by atoms with Crippen molar-refractivity contribution in [2.75, 3.05) is 12.5 Å². The molecule has 0 aromatic rings. The molecule has 0 heterocycles. The average Bonchev–Trinajstić information content (AvgIpc) is 2.11. The second kappa shape index (κ2) is 6.64. The minimum absolute atomic E-state index is 0.657. The maximum Gasteiger partial charge on any atom is 0.379 e. The molecular formula is C10H25O3PSSi2. The van der Waals surface area contributed by atoms with Crippen LogP contribution in [0.2, 0.25) is 39.3 Å². The van der Waals surface area contributed by atoms with E-state index in [1.807, 2.05) is 0 Å². The highest BCUT2D eigenvalue weighted by atomic mass is 32.5. The maximum atomic E-state index is 5.72. The zero-order valence-corrected chi connectivity index (χ0v) is 15.5. The summed E-state index contributed by atoms with van der Waals surface area (Å²) >= 11 is 5.35. The van der Waals surface area contributed by atoms with Crippen LogP contribution >= 0.6 is 6.72 Å². The zero-order chi connectivity index (χ0) is 13.7. The van der Waals surface area contributed by atoms with E-state index in [9.17, 15) is 0 Å². The van der Waals surface area contributed by atoms with Gasteiger partial charge in [0, 0.05) is 24.3 Å². The van der Waals surface area contributed by atoms with Crippen LogP contribution in [0.4, 0.5) is 0 Å². The molecule has 0 fully saturated rings. The predicted octanol–water partition coefficient (Wildman–Crippen LogP) is 4.16. The molecule has 0 aliphatic carbocycles. The Kier molecular flexibility index (Phi) is 6.85. The fourth-order valence-corrected chi connectivity index (χ4v) is 6.61. The first-order valence-electron chi connectivity index (χ1n) is 5.66. The molecule has 0 rings (SSSR count). The van der Waals surface area contributed by atoms with E-state index in [1.165, 1.54) is 6.26 Å². The van der Waals surface area contributed by atoms with E-state index in [-0.39, 0.29) is 0 Å². The first-order valence-corrected chi connectivity index (χ1v) is 15.6. The Balaban J connectivity index is 4.46. The van der Waals surface area contributed by atoms with Crippen LogP contribution in [0.15, 0.2) is 12.8 Å². The molecule has 0 aliphatic rings. The summed E-state index contributed by atoms with van der Waals surface area (Å²) < 4.78 is 16.8. The van der Waals surface area contributed by atoms with Crippen LogP contribution in [-0.4, -0.2) is 28.6 Å². The normalized spacial score (nSPS) is 13.5. The summed E-state index contributed by atoms with van der Waals surface area (Å²) in [7, 11) is -2.63. The van der Waals surface area contributed by atoms with Gasteiger partial charge in [0.2, 0.25) is 0 Å². The summed E-state index contributed by atoms with van der Waals surface area (Å²) in [6.07, 6.45) is 2.64. The van der Waals surface area contributed by atoms with Gasteiger partial charge in [0.05, 0.1) is 22.4 Å². The number of rotatable bonds is 8. The smallest absolute Gasteiger partial charge is 0.379 e. The Labute approximate surface area is 113 Å². The molecule has 0 bridgehead atoms. The van der Waals surface area contributed by atoms with E-state index in [0.717, 1.165) is 0 Å². The lowest BCUT2D eigenvalue weighted by Gasteiger charge is -2.26. The van der Waals surface area contributed by atoms with Crippen molar-refractivity contribution in [3.05, 3.63) is 12.8 Å². The van der Waals surface area contributed by atoms with Crippen LogP contribution in [-0.2, 0) is 25.4 Å². The third-order valence-electron chi connectivity index (χ3n) is 1.51. The van der Waals surface area contributed by atoms with Gasteiger partial charge in [-0.25, -0.2) is 0 Å². The molecule has 0 saturated carbocycles. The summed E-state index contributed by atoms with van der Waals surface area (Å²) in [5, 5.41) is 0. The third kappa shape index (κ3) is 10.2. The van der Waals surface area contributed by atoms with E-state index in [0.29, 0.717) is 12.5 Å². The molecule has 0 aliphatic heterocycles. The standard InChI is InChI=1S/C10H25O3PSSi2/c1-8-11-14(15,12-9-16(2,3)4)13-10-17(5,6)7/h8H,1,9-10H2,2-7H3. The van der Waals surface area contributed by atoms with Crippen LogP contribution in [0.1, 0.15) is 0 Å². The Morgan fingerprint density at radius 3 is 1.59 bits per heavy atom. The van der Waals surface area contributed by atoms with Gasteiger partial charge in [0.15, 0.2) is 0 Å². The molecule has 0 N–H and O–H groups in total. The summed E-state index contributed by atoms with van der Waals surface area (Å²) in [6, 6.07) is 0. The molecule has 0 amide bonds.